The molecule has 0 N–H and O–H groups in total. The summed E-state index contributed by atoms with van der Waals surface area (Å²) in [5, 5.41) is 0.551. The molecule has 1 rings (SSSR count). The Morgan fingerprint density at radius 1 is 1.32 bits per heavy atom. The van der Waals surface area contributed by atoms with Crippen LogP contribution >= 0.6 is 27.5 Å². The molecular formula is C14H16BrClO3. The number of ketones is 1. The van der Waals surface area contributed by atoms with E-state index in [0.717, 1.165) is 12.8 Å². The monoisotopic (exact) mass is 346 g/mol. The number of ether oxygens (including phenoxy) is 1. The van der Waals surface area contributed by atoms with Crippen LogP contribution in [0.25, 0.3) is 0 Å². The summed E-state index contributed by atoms with van der Waals surface area (Å²) in [5.74, 6) is -0.417. The lowest BCUT2D eigenvalue weighted by Gasteiger charge is -2.04. The number of esters is 1. The van der Waals surface area contributed by atoms with Crippen LogP contribution in [0.5, 0.6) is 0 Å². The molecule has 104 valence electrons. The van der Waals surface area contributed by atoms with Crippen molar-refractivity contribution in [2.45, 2.75) is 32.6 Å². The van der Waals surface area contributed by atoms with Crippen molar-refractivity contribution in [3.8, 4) is 0 Å². The highest BCUT2D eigenvalue weighted by atomic mass is 79.9. The molecule has 0 aliphatic rings. The summed E-state index contributed by atoms with van der Waals surface area (Å²) in [6, 6.07) is 4.96. The molecule has 0 unspecified atom stereocenters. The van der Waals surface area contributed by atoms with Gasteiger partial charge in [-0.2, -0.15) is 0 Å². The zero-order valence-electron chi connectivity index (χ0n) is 10.7. The predicted molar refractivity (Wildman–Crippen MR) is 78.6 cm³/mol. The number of carbonyl (C=O) groups excluding carboxylic acids is 2. The Labute approximate surface area is 126 Å². The first-order valence-electron chi connectivity index (χ1n) is 6.18. The molecule has 0 amide bonds. The number of benzene rings is 1. The second kappa shape index (κ2) is 8.33. The number of hydrogen-bond acceptors (Lipinski definition) is 3. The van der Waals surface area contributed by atoms with E-state index in [1.165, 1.54) is 0 Å². The molecule has 0 aliphatic heterocycles. The molecule has 0 saturated heterocycles. The number of halogens is 2. The van der Waals surface area contributed by atoms with Crippen LogP contribution in [0.2, 0.25) is 5.02 Å². The first-order valence-corrected chi connectivity index (χ1v) is 7.35. The van der Waals surface area contributed by atoms with Crippen LogP contribution in [-0.2, 0) is 9.53 Å². The van der Waals surface area contributed by atoms with Crippen molar-refractivity contribution in [3.63, 3.8) is 0 Å². The van der Waals surface area contributed by atoms with E-state index in [9.17, 15) is 9.59 Å². The number of Topliss-reactive ketones (excluding diaryl/α,β-unsaturated/α-hetero) is 1. The van der Waals surface area contributed by atoms with Crippen molar-refractivity contribution in [2.75, 3.05) is 6.61 Å². The first-order chi connectivity index (χ1) is 9.04. The number of rotatable bonds is 7. The van der Waals surface area contributed by atoms with Gasteiger partial charge in [0.15, 0.2) is 5.78 Å². The number of carbonyl (C=O) groups is 2. The van der Waals surface area contributed by atoms with Gasteiger partial charge in [0.05, 0.1) is 18.1 Å². The fourth-order valence-corrected chi connectivity index (χ4v) is 1.93. The minimum Gasteiger partial charge on any atom is -0.466 e. The van der Waals surface area contributed by atoms with Crippen molar-refractivity contribution >= 4 is 39.3 Å². The van der Waals surface area contributed by atoms with Gasteiger partial charge in [0.1, 0.15) is 0 Å². The third-order valence-corrected chi connectivity index (χ3v) is 3.77. The van der Waals surface area contributed by atoms with E-state index in [1.54, 1.807) is 18.2 Å². The third kappa shape index (κ3) is 5.74. The lowest BCUT2D eigenvalue weighted by Crippen LogP contribution is -2.09. The molecule has 0 spiro atoms. The van der Waals surface area contributed by atoms with E-state index in [0.29, 0.717) is 21.7 Å². The number of unbranched alkanes of at least 4 members (excludes halogenated alkanes) is 1. The molecule has 0 bridgehead atoms. The van der Waals surface area contributed by atoms with E-state index in [2.05, 4.69) is 15.9 Å². The summed E-state index contributed by atoms with van der Waals surface area (Å²) in [6.45, 7) is 2.45. The molecule has 19 heavy (non-hydrogen) atoms. The molecule has 0 aromatic heterocycles. The summed E-state index contributed by atoms with van der Waals surface area (Å²) in [5.41, 5.74) is 0.539. The van der Waals surface area contributed by atoms with Crippen LogP contribution in [0.15, 0.2) is 22.7 Å². The molecule has 5 heteroatoms. The van der Waals surface area contributed by atoms with E-state index >= 15 is 0 Å². The zero-order valence-corrected chi connectivity index (χ0v) is 13.1. The lowest BCUT2D eigenvalue weighted by molar-refractivity contribution is -0.143. The fourth-order valence-electron chi connectivity index (χ4n) is 1.43. The maximum atomic E-state index is 11.9. The van der Waals surface area contributed by atoms with Gasteiger partial charge in [0.25, 0.3) is 0 Å². The van der Waals surface area contributed by atoms with Gasteiger partial charge in [0, 0.05) is 16.5 Å². The quantitative estimate of drug-likeness (QED) is 0.417. The molecule has 0 heterocycles. The molecule has 1 aromatic carbocycles. The largest absolute Gasteiger partial charge is 0.466 e. The van der Waals surface area contributed by atoms with Crippen molar-refractivity contribution in [1.29, 1.82) is 0 Å². The Kier molecular flexibility index (Phi) is 7.10. The van der Waals surface area contributed by atoms with Crippen molar-refractivity contribution in [2.24, 2.45) is 0 Å². The van der Waals surface area contributed by atoms with Crippen LogP contribution in [-0.4, -0.2) is 18.4 Å². The van der Waals surface area contributed by atoms with Gasteiger partial charge in [-0.25, -0.2) is 0 Å². The number of hydrogen-bond donors (Lipinski definition) is 0. The van der Waals surface area contributed by atoms with Gasteiger partial charge in [-0.05, 0) is 40.5 Å². The zero-order chi connectivity index (χ0) is 14.3. The van der Waals surface area contributed by atoms with Crippen LogP contribution in [0.3, 0.4) is 0 Å². The predicted octanol–water partition coefficient (Wildman–Crippen LogP) is 4.41. The molecule has 0 radical (unpaired) electrons. The minimum absolute atomic E-state index is 0.0928. The average molecular weight is 348 g/mol. The van der Waals surface area contributed by atoms with Crippen LogP contribution in [0, 0.1) is 0 Å². The van der Waals surface area contributed by atoms with Crippen LogP contribution in [0.4, 0.5) is 0 Å². The van der Waals surface area contributed by atoms with Gasteiger partial charge in [-0.3, -0.25) is 9.59 Å². The van der Waals surface area contributed by atoms with Crippen LogP contribution < -0.4 is 0 Å². The average Bonchev–Trinajstić information content (AvgIpc) is 2.39. The summed E-state index contributed by atoms with van der Waals surface area (Å²) in [6.07, 6.45) is 2.09. The van der Waals surface area contributed by atoms with E-state index in [1.807, 2.05) is 6.92 Å². The smallest absolute Gasteiger partial charge is 0.306 e. The molecule has 0 aliphatic carbocycles. The second-order valence-electron chi connectivity index (χ2n) is 4.13. The van der Waals surface area contributed by atoms with E-state index < -0.39 is 0 Å². The highest BCUT2D eigenvalue weighted by Crippen LogP contribution is 2.23. The van der Waals surface area contributed by atoms with Crippen molar-refractivity contribution in [3.05, 3.63) is 33.3 Å². The van der Waals surface area contributed by atoms with Crippen molar-refractivity contribution < 1.29 is 14.3 Å². The molecule has 1 aromatic rings. The standard InChI is InChI=1S/C14H16BrClO3/c1-2-3-8-19-14(18)7-6-13(17)10-4-5-12(16)11(15)9-10/h4-5,9H,2-3,6-8H2,1H3. The molecular weight excluding hydrogens is 332 g/mol. The topological polar surface area (TPSA) is 43.4 Å². The minimum atomic E-state index is -0.324. The van der Waals surface area contributed by atoms with Gasteiger partial charge in [0.2, 0.25) is 0 Å². The Hall–Kier alpha value is -0.870. The molecule has 0 fully saturated rings. The maximum absolute atomic E-state index is 11.9. The maximum Gasteiger partial charge on any atom is 0.306 e. The summed E-state index contributed by atoms with van der Waals surface area (Å²) in [4.78, 5) is 23.2. The third-order valence-electron chi connectivity index (χ3n) is 2.56. The highest BCUT2D eigenvalue weighted by Gasteiger charge is 2.11. The fraction of sp³-hybridized carbons (Fsp3) is 0.429. The lowest BCUT2D eigenvalue weighted by atomic mass is 10.1. The van der Waals surface area contributed by atoms with Gasteiger partial charge >= 0.3 is 5.97 Å². The Morgan fingerprint density at radius 2 is 2.05 bits per heavy atom. The van der Waals surface area contributed by atoms with Crippen LogP contribution in [0.1, 0.15) is 43.0 Å². The Balaban J connectivity index is 2.42. The Morgan fingerprint density at radius 3 is 2.68 bits per heavy atom. The summed E-state index contributed by atoms with van der Waals surface area (Å²) in [7, 11) is 0. The van der Waals surface area contributed by atoms with E-state index in [-0.39, 0.29) is 24.6 Å². The second-order valence-corrected chi connectivity index (χ2v) is 5.39. The van der Waals surface area contributed by atoms with Gasteiger partial charge in [-0.15, -0.1) is 0 Å². The van der Waals surface area contributed by atoms with Crippen molar-refractivity contribution in [1.82, 2.24) is 0 Å². The van der Waals surface area contributed by atoms with Gasteiger partial charge in [-0.1, -0.05) is 24.9 Å². The normalized spacial score (nSPS) is 10.3. The molecule has 0 saturated carbocycles. The van der Waals surface area contributed by atoms with Gasteiger partial charge < -0.3 is 4.74 Å². The summed E-state index contributed by atoms with van der Waals surface area (Å²) < 4.78 is 5.66. The molecule has 0 atom stereocenters. The molecule has 3 nitrogen and oxygen atoms in total. The SMILES string of the molecule is CCCCOC(=O)CCC(=O)c1ccc(Cl)c(Br)c1. The van der Waals surface area contributed by atoms with E-state index in [4.69, 9.17) is 16.3 Å². The summed E-state index contributed by atoms with van der Waals surface area (Å²) >= 11 is 9.11. The Bertz CT molecular complexity index is 460. The highest BCUT2D eigenvalue weighted by molar-refractivity contribution is 9.10. The first kappa shape index (κ1) is 16.2.